The molecule has 0 aliphatic heterocycles. The third-order valence-corrected chi connectivity index (χ3v) is 6.64. The molecule has 7 heteroatoms. The Bertz CT molecular complexity index is 1390. The van der Waals surface area contributed by atoms with Crippen molar-refractivity contribution < 1.29 is 24.2 Å². The second-order valence-electron chi connectivity index (χ2n) is 9.53. The molecule has 0 saturated carbocycles. The topological polar surface area (TPSA) is 88.1 Å². The molecule has 41 heavy (non-hydrogen) atoms. The molecule has 0 heterocycles. The number of nitrogens with one attached hydrogen (secondary N) is 1. The minimum Gasteiger partial charge on any atom is -0.489 e. The van der Waals surface area contributed by atoms with E-state index < -0.39 is 0 Å². The number of hydrogen-bond acceptors (Lipinski definition) is 5. The Labute approximate surface area is 241 Å². The molecular formula is C34H36N2O5. The van der Waals surface area contributed by atoms with Crippen LogP contribution in [0.15, 0.2) is 103 Å². The lowest BCUT2D eigenvalue weighted by atomic mass is 10.00. The summed E-state index contributed by atoms with van der Waals surface area (Å²) < 4.78 is 11.4. The van der Waals surface area contributed by atoms with Crippen LogP contribution >= 0.6 is 0 Å². The molecule has 0 aromatic heterocycles. The standard InChI is InChI=1S/C34H36N2O5/c1-2-32(38)41-25-29-14-9-15-31(28-16-18-30(19-17-28)40-24-27-12-7-4-8-13-27)33(29)35-34(39)36(22-23-37)21-20-26-10-5-3-6-11-26/h3-19,37H,2,20-25H2,1H3,(H,35,39). The zero-order valence-corrected chi connectivity index (χ0v) is 23.3. The van der Waals surface area contributed by atoms with Crippen molar-refractivity contribution in [1.82, 2.24) is 4.90 Å². The van der Waals surface area contributed by atoms with Crippen LogP contribution in [0.25, 0.3) is 11.1 Å². The molecule has 4 aromatic carbocycles. The number of ether oxygens (including phenoxy) is 2. The van der Waals surface area contributed by atoms with Gasteiger partial charge in [-0.1, -0.05) is 97.9 Å². The van der Waals surface area contributed by atoms with Crippen LogP contribution in [0.2, 0.25) is 0 Å². The average Bonchev–Trinajstić information content (AvgIpc) is 3.02. The molecule has 7 nitrogen and oxygen atoms in total. The van der Waals surface area contributed by atoms with Gasteiger partial charge in [0.15, 0.2) is 0 Å². The summed E-state index contributed by atoms with van der Waals surface area (Å²) in [5.74, 6) is 0.406. The van der Waals surface area contributed by atoms with Crippen molar-refractivity contribution in [3.63, 3.8) is 0 Å². The summed E-state index contributed by atoms with van der Waals surface area (Å²) in [7, 11) is 0. The normalized spacial score (nSPS) is 10.6. The number of anilines is 1. The molecule has 0 aliphatic carbocycles. The summed E-state index contributed by atoms with van der Waals surface area (Å²) in [4.78, 5) is 27.0. The summed E-state index contributed by atoms with van der Waals surface area (Å²) in [5.41, 5.74) is 5.07. The van der Waals surface area contributed by atoms with Crippen molar-refractivity contribution in [1.29, 1.82) is 0 Å². The van der Waals surface area contributed by atoms with Crippen LogP contribution in [0.5, 0.6) is 5.75 Å². The van der Waals surface area contributed by atoms with Gasteiger partial charge in [-0.2, -0.15) is 0 Å². The molecule has 0 radical (unpaired) electrons. The van der Waals surface area contributed by atoms with Crippen LogP contribution in [0.1, 0.15) is 30.0 Å². The predicted octanol–water partition coefficient (Wildman–Crippen LogP) is 6.45. The molecule has 2 amide bonds. The van der Waals surface area contributed by atoms with E-state index in [9.17, 15) is 14.7 Å². The van der Waals surface area contributed by atoms with E-state index in [1.807, 2.05) is 103 Å². The van der Waals surface area contributed by atoms with Crippen LogP contribution in [0.4, 0.5) is 10.5 Å². The van der Waals surface area contributed by atoms with Crippen molar-refractivity contribution in [3.05, 3.63) is 120 Å². The molecule has 0 bridgehead atoms. The third-order valence-electron chi connectivity index (χ3n) is 6.64. The SMILES string of the molecule is CCC(=O)OCc1cccc(-c2ccc(OCc3ccccc3)cc2)c1NC(=O)N(CCO)CCc1ccccc1. The van der Waals surface area contributed by atoms with E-state index in [4.69, 9.17) is 9.47 Å². The number of aliphatic hydroxyl groups is 1. The zero-order valence-electron chi connectivity index (χ0n) is 23.3. The van der Waals surface area contributed by atoms with E-state index in [-0.39, 0.29) is 38.2 Å². The first-order chi connectivity index (χ1) is 20.1. The first-order valence-electron chi connectivity index (χ1n) is 13.8. The molecule has 0 unspecified atom stereocenters. The van der Waals surface area contributed by atoms with Crippen molar-refractivity contribution in [2.45, 2.75) is 33.0 Å². The van der Waals surface area contributed by atoms with E-state index in [2.05, 4.69) is 5.32 Å². The minimum absolute atomic E-state index is 0.0262. The maximum Gasteiger partial charge on any atom is 0.321 e. The van der Waals surface area contributed by atoms with E-state index in [0.29, 0.717) is 30.8 Å². The van der Waals surface area contributed by atoms with E-state index >= 15 is 0 Å². The van der Waals surface area contributed by atoms with Crippen molar-refractivity contribution in [2.75, 3.05) is 25.0 Å². The fraction of sp³-hybridized carbons (Fsp3) is 0.235. The van der Waals surface area contributed by atoms with Gasteiger partial charge in [0.05, 0.1) is 12.3 Å². The summed E-state index contributed by atoms with van der Waals surface area (Å²) >= 11 is 0. The number of amides is 2. The first kappa shape index (κ1) is 29.4. The maximum atomic E-state index is 13.5. The van der Waals surface area contributed by atoms with E-state index in [1.54, 1.807) is 11.8 Å². The highest BCUT2D eigenvalue weighted by molar-refractivity contribution is 5.96. The fourth-order valence-electron chi connectivity index (χ4n) is 4.37. The molecule has 0 fully saturated rings. The molecule has 0 saturated heterocycles. The number of carbonyl (C=O) groups is 2. The van der Waals surface area contributed by atoms with Gasteiger partial charge in [0.25, 0.3) is 0 Å². The number of urea groups is 1. The molecule has 212 valence electrons. The average molecular weight is 553 g/mol. The number of benzene rings is 4. The minimum atomic E-state index is -0.340. The third kappa shape index (κ3) is 8.68. The lowest BCUT2D eigenvalue weighted by Gasteiger charge is -2.24. The number of esters is 1. The summed E-state index contributed by atoms with van der Waals surface area (Å²) in [5, 5.41) is 12.7. The van der Waals surface area contributed by atoms with Gasteiger partial charge in [0.1, 0.15) is 19.0 Å². The van der Waals surface area contributed by atoms with Gasteiger partial charge in [0.2, 0.25) is 0 Å². The van der Waals surface area contributed by atoms with E-state index in [0.717, 1.165) is 28.0 Å². The highest BCUT2D eigenvalue weighted by Crippen LogP contribution is 2.33. The lowest BCUT2D eigenvalue weighted by molar-refractivity contribution is -0.144. The quantitative estimate of drug-likeness (QED) is 0.186. The number of nitrogens with zero attached hydrogens (tertiary/aromatic N) is 1. The van der Waals surface area contributed by atoms with Gasteiger partial charge in [-0.3, -0.25) is 4.79 Å². The highest BCUT2D eigenvalue weighted by Gasteiger charge is 2.19. The van der Waals surface area contributed by atoms with Crippen LogP contribution in [-0.4, -0.2) is 41.7 Å². The molecule has 2 N–H and O–H groups in total. The Balaban J connectivity index is 1.56. The van der Waals surface area contributed by atoms with Crippen molar-refractivity contribution in [2.24, 2.45) is 0 Å². The monoisotopic (exact) mass is 552 g/mol. The first-order valence-corrected chi connectivity index (χ1v) is 13.8. The van der Waals surface area contributed by atoms with Crippen LogP contribution in [-0.2, 0) is 29.2 Å². The largest absolute Gasteiger partial charge is 0.489 e. The molecule has 0 atom stereocenters. The summed E-state index contributed by atoms with van der Waals surface area (Å²) in [6, 6.07) is 32.8. The Morgan fingerprint density at radius 3 is 2.12 bits per heavy atom. The van der Waals surface area contributed by atoms with E-state index in [1.165, 1.54) is 0 Å². The Kier molecular flexibility index (Phi) is 10.9. The van der Waals surface area contributed by atoms with Crippen LogP contribution in [0, 0.1) is 0 Å². The Morgan fingerprint density at radius 1 is 0.780 bits per heavy atom. The van der Waals surface area contributed by atoms with Crippen LogP contribution < -0.4 is 10.1 Å². The molecule has 0 spiro atoms. The van der Waals surface area contributed by atoms with Crippen molar-refractivity contribution >= 4 is 17.7 Å². The van der Waals surface area contributed by atoms with Crippen molar-refractivity contribution in [3.8, 4) is 16.9 Å². The lowest BCUT2D eigenvalue weighted by Crippen LogP contribution is -2.38. The Morgan fingerprint density at radius 2 is 1.46 bits per heavy atom. The highest BCUT2D eigenvalue weighted by atomic mass is 16.5. The van der Waals surface area contributed by atoms with Gasteiger partial charge in [-0.05, 0) is 35.2 Å². The smallest absolute Gasteiger partial charge is 0.321 e. The molecule has 4 rings (SSSR count). The number of aliphatic hydroxyl groups excluding tert-OH is 1. The zero-order chi connectivity index (χ0) is 28.9. The van der Waals surface area contributed by atoms with Gasteiger partial charge in [-0.15, -0.1) is 0 Å². The molecule has 0 aliphatic rings. The number of rotatable bonds is 13. The molecular weight excluding hydrogens is 516 g/mol. The van der Waals surface area contributed by atoms with Gasteiger partial charge >= 0.3 is 12.0 Å². The fourth-order valence-corrected chi connectivity index (χ4v) is 4.37. The second-order valence-corrected chi connectivity index (χ2v) is 9.53. The van der Waals surface area contributed by atoms with Gasteiger partial charge < -0.3 is 24.8 Å². The number of carbonyl (C=O) groups excluding carboxylic acids is 2. The second kappa shape index (κ2) is 15.2. The van der Waals surface area contributed by atoms with Gasteiger partial charge in [-0.25, -0.2) is 4.79 Å². The number of para-hydroxylation sites is 1. The predicted molar refractivity (Wildman–Crippen MR) is 161 cm³/mol. The van der Waals surface area contributed by atoms with Gasteiger partial charge in [0, 0.05) is 30.6 Å². The maximum absolute atomic E-state index is 13.5. The van der Waals surface area contributed by atoms with Crippen LogP contribution in [0.3, 0.4) is 0 Å². The summed E-state index contributed by atoms with van der Waals surface area (Å²) in [6.45, 7) is 2.69. The number of hydrogen-bond donors (Lipinski definition) is 2. The summed E-state index contributed by atoms with van der Waals surface area (Å²) in [6.07, 6.45) is 0.914. The molecule has 4 aromatic rings. The Hall–Kier alpha value is -4.62.